The molecule has 0 aliphatic carbocycles. The van der Waals surface area contributed by atoms with Gasteiger partial charge in [0.2, 0.25) is 0 Å². The Bertz CT molecular complexity index is 818. The van der Waals surface area contributed by atoms with E-state index in [1.54, 1.807) is 12.1 Å². The van der Waals surface area contributed by atoms with Crippen molar-refractivity contribution in [3.63, 3.8) is 0 Å². The van der Waals surface area contributed by atoms with Gasteiger partial charge in [-0.05, 0) is 36.2 Å². The highest BCUT2D eigenvalue weighted by atomic mass is 16.5. The van der Waals surface area contributed by atoms with Gasteiger partial charge in [0.05, 0.1) is 13.0 Å². The Labute approximate surface area is 134 Å². The summed E-state index contributed by atoms with van der Waals surface area (Å²) in [7, 11) is 0. The molecular formula is C19H19NO3. The molecule has 3 aromatic rings. The molecule has 118 valence electrons. The quantitative estimate of drug-likeness (QED) is 0.734. The summed E-state index contributed by atoms with van der Waals surface area (Å²) in [6.45, 7) is 2.89. The number of rotatable bonds is 5. The van der Waals surface area contributed by atoms with Crippen molar-refractivity contribution in [1.82, 2.24) is 4.57 Å². The first kappa shape index (κ1) is 15.2. The van der Waals surface area contributed by atoms with Gasteiger partial charge in [0, 0.05) is 23.6 Å². The molecule has 0 unspecified atom stereocenters. The van der Waals surface area contributed by atoms with Crippen molar-refractivity contribution < 1.29 is 14.6 Å². The van der Waals surface area contributed by atoms with Gasteiger partial charge in [-0.15, -0.1) is 0 Å². The Kier molecular flexibility index (Phi) is 4.33. The van der Waals surface area contributed by atoms with E-state index in [2.05, 4.69) is 4.57 Å². The Morgan fingerprint density at radius 1 is 1.13 bits per heavy atom. The maximum Gasteiger partial charge on any atom is 0.310 e. The van der Waals surface area contributed by atoms with E-state index in [1.165, 1.54) is 0 Å². The van der Waals surface area contributed by atoms with Gasteiger partial charge >= 0.3 is 5.97 Å². The number of carbonyl (C=O) groups is 1. The summed E-state index contributed by atoms with van der Waals surface area (Å²) in [6, 6.07) is 15.2. The number of esters is 1. The minimum atomic E-state index is -0.208. The normalized spacial score (nSPS) is 10.8. The second-order valence-corrected chi connectivity index (χ2v) is 5.45. The van der Waals surface area contributed by atoms with Crippen molar-refractivity contribution in [2.45, 2.75) is 19.9 Å². The van der Waals surface area contributed by atoms with Gasteiger partial charge in [-0.1, -0.05) is 30.3 Å². The highest BCUT2D eigenvalue weighted by Gasteiger charge is 2.12. The first-order chi connectivity index (χ1) is 11.2. The largest absolute Gasteiger partial charge is 0.508 e. The van der Waals surface area contributed by atoms with Crippen LogP contribution in [-0.2, 0) is 22.5 Å². The second-order valence-electron chi connectivity index (χ2n) is 5.45. The zero-order chi connectivity index (χ0) is 16.2. The maximum atomic E-state index is 11.8. The van der Waals surface area contributed by atoms with E-state index >= 15 is 0 Å². The molecule has 0 bridgehead atoms. The Morgan fingerprint density at radius 2 is 1.87 bits per heavy atom. The summed E-state index contributed by atoms with van der Waals surface area (Å²) < 4.78 is 7.18. The zero-order valence-corrected chi connectivity index (χ0v) is 13.0. The second kappa shape index (κ2) is 6.57. The van der Waals surface area contributed by atoms with Crippen molar-refractivity contribution in [2.24, 2.45) is 0 Å². The molecule has 0 aliphatic rings. The van der Waals surface area contributed by atoms with E-state index in [0.29, 0.717) is 13.2 Å². The van der Waals surface area contributed by atoms with Gasteiger partial charge < -0.3 is 14.4 Å². The number of para-hydroxylation sites is 1. The first-order valence-electron chi connectivity index (χ1n) is 7.67. The van der Waals surface area contributed by atoms with Crippen molar-refractivity contribution in [1.29, 1.82) is 0 Å². The number of carbonyl (C=O) groups excluding carboxylic acids is 1. The topological polar surface area (TPSA) is 51.5 Å². The predicted molar refractivity (Wildman–Crippen MR) is 89.5 cm³/mol. The fourth-order valence-corrected chi connectivity index (χ4v) is 2.76. The van der Waals surface area contributed by atoms with E-state index < -0.39 is 0 Å². The van der Waals surface area contributed by atoms with Crippen LogP contribution in [0.1, 0.15) is 18.1 Å². The maximum absolute atomic E-state index is 11.8. The molecule has 0 saturated heterocycles. The molecule has 2 aromatic carbocycles. The van der Waals surface area contributed by atoms with E-state index in [1.807, 2.05) is 49.5 Å². The number of fused-ring (bicyclic) bond motifs is 1. The van der Waals surface area contributed by atoms with Crippen LogP contribution in [0.25, 0.3) is 10.9 Å². The van der Waals surface area contributed by atoms with Crippen LogP contribution < -0.4 is 0 Å². The van der Waals surface area contributed by atoms with E-state index in [9.17, 15) is 9.90 Å². The molecule has 0 atom stereocenters. The van der Waals surface area contributed by atoms with Crippen LogP contribution in [0.15, 0.2) is 54.7 Å². The lowest BCUT2D eigenvalue weighted by atomic mass is 10.1. The molecule has 1 aromatic heterocycles. The van der Waals surface area contributed by atoms with Crippen LogP contribution in [0.2, 0.25) is 0 Å². The van der Waals surface area contributed by atoms with Crippen molar-refractivity contribution in [3.05, 3.63) is 65.9 Å². The minimum absolute atomic E-state index is 0.208. The Morgan fingerprint density at radius 3 is 2.61 bits per heavy atom. The van der Waals surface area contributed by atoms with Crippen molar-refractivity contribution in [2.75, 3.05) is 6.61 Å². The lowest BCUT2D eigenvalue weighted by molar-refractivity contribution is -0.142. The molecule has 4 nitrogen and oxygen atoms in total. The van der Waals surface area contributed by atoms with Gasteiger partial charge in [-0.3, -0.25) is 4.79 Å². The predicted octanol–water partition coefficient (Wildman–Crippen LogP) is 3.50. The fraction of sp³-hybridized carbons (Fsp3) is 0.211. The minimum Gasteiger partial charge on any atom is -0.508 e. The third-order valence-corrected chi connectivity index (χ3v) is 3.80. The monoisotopic (exact) mass is 309 g/mol. The number of nitrogens with zero attached hydrogens (tertiary/aromatic N) is 1. The third kappa shape index (κ3) is 3.37. The molecule has 3 rings (SSSR count). The van der Waals surface area contributed by atoms with Gasteiger partial charge in [0.25, 0.3) is 0 Å². The van der Waals surface area contributed by atoms with Gasteiger partial charge in [-0.25, -0.2) is 0 Å². The summed E-state index contributed by atoms with van der Waals surface area (Å²) in [5, 5.41) is 10.5. The summed E-state index contributed by atoms with van der Waals surface area (Å²) >= 11 is 0. The van der Waals surface area contributed by atoms with E-state index in [-0.39, 0.29) is 18.1 Å². The molecule has 0 radical (unpaired) electrons. The average Bonchev–Trinajstić information content (AvgIpc) is 2.88. The number of hydrogen-bond acceptors (Lipinski definition) is 3. The lowest BCUT2D eigenvalue weighted by Crippen LogP contribution is -2.07. The Hall–Kier alpha value is -2.75. The number of ether oxygens (including phenoxy) is 1. The summed E-state index contributed by atoms with van der Waals surface area (Å²) in [4.78, 5) is 11.8. The van der Waals surface area contributed by atoms with Crippen molar-refractivity contribution in [3.8, 4) is 5.75 Å². The molecule has 0 spiro atoms. The summed E-state index contributed by atoms with van der Waals surface area (Å²) in [5.41, 5.74) is 3.14. The van der Waals surface area contributed by atoms with E-state index in [4.69, 9.17) is 4.74 Å². The molecule has 0 aliphatic heterocycles. The molecule has 4 heteroatoms. The van der Waals surface area contributed by atoms with Crippen LogP contribution in [0, 0.1) is 0 Å². The highest BCUT2D eigenvalue weighted by molar-refractivity contribution is 5.88. The number of aromatic nitrogens is 1. The van der Waals surface area contributed by atoms with Gasteiger partial charge in [0.15, 0.2) is 0 Å². The summed E-state index contributed by atoms with van der Waals surface area (Å²) in [5.74, 6) is 0.0501. The SMILES string of the molecule is CCOC(=O)Cc1cn(Cc2ccc(O)cc2)c2ccccc12. The van der Waals surface area contributed by atoms with Gasteiger partial charge in [0.1, 0.15) is 5.75 Å². The molecule has 23 heavy (non-hydrogen) atoms. The van der Waals surface area contributed by atoms with Crippen LogP contribution in [0.3, 0.4) is 0 Å². The standard InChI is InChI=1S/C19H19NO3/c1-2-23-19(22)11-15-13-20(18-6-4-3-5-17(15)18)12-14-7-9-16(21)10-8-14/h3-10,13,21H,2,11-12H2,1H3. The number of phenolic OH excluding ortho intramolecular Hbond substituents is 1. The molecule has 0 saturated carbocycles. The Balaban J connectivity index is 1.94. The zero-order valence-electron chi connectivity index (χ0n) is 13.0. The third-order valence-electron chi connectivity index (χ3n) is 3.80. The number of hydrogen-bond donors (Lipinski definition) is 1. The molecule has 0 amide bonds. The molecule has 1 heterocycles. The molecule has 0 fully saturated rings. The first-order valence-corrected chi connectivity index (χ1v) is 7.67. The lowest BCUT2D eigenvalue weighted by Gasteiger charge is -2.05. The number of aromatic hydroxyl groups is 1. The fourth-order valence-electron chi connectivity index (χ4n) is 2.76. The molecule has 1 N–H and O–H groups in total. The number of phenols is 1. The van der Waals surface area contributed by atoms with Gasteiger partial charge in [-0.2, -0.15) is 0 Å². The average molecular weight is 309 g/mol. The van der Waals surface area contributed by atoms with Crippen LogP contribution in [0.5, 0.6) is 5.75 Å². The van der Waals surface area contributed by atoms with Crippen LogP contribution >= 0.6 is 0 Å². The summed E-state index contributed by atoms with van der Waals surface area (Å²) in [6.07, 6.45) is 2.28. The van der Waals surface area contributed by atoms with Crippen LogP contribution in [0.4, 0.5) is 0 Å². The number of benzene rings is 2. The highest BCUT2D eigenvalue weighted by Crippen LogP contribution is 2.23. The van der Waals surface area contributed by atoms with Crippen LogP contribution in [-0.4, -0.2) is 22.2 Å². The molecular weight excluding hydrogens is 290 g/mol. The van der Waals surface area contributed by atoms with Crippen molar-refractivity contribution >= 4 is 16.9 Å². The smallest absolute Gasteiger partial charge is 0.310 e. The van der Waals surface area contributed by atoms with E-state index in [0.717, 1.165) is 22.0 Å².